The van der Waals surface area contributed by atoms with Gasteiger partial charge in [0.2, 0.25) is 0 Å². The average molecular weight is 410 g/mol. The Balaban J connectivity index is 0.00000182. The summed E-state index contributed by atoms with van der Waals surface area (Å²) >= 11 is 0. The average Bonchev–Trinajstić information content (AvgIpc) is 2.85. The first-order valence-electron chi connectivity index (χ1n) is 7.30. The Hall–Kier alpha value is -0.510. The zero-order chi connectivity index (χ0) is 18.1. The molecule has 0 radical (unpaired) electrons. The van der Waals surface area contributed by atoms with Gasteiger partial charge in [0.1, 0.15) is 6.73 Å². The second-order valence-corrected chi connectivity index (χ2v) is 6.63. The van der Waals surface area contributed by atoms with Gasteiger partial charge >= 0.3 is 73.0 Å². The Morgan fingerprint density at radius 2 is 1.37 bits per heavy atom. The molecule has 2 aromatic rings. The Bertz CT molecular complexity index is 807. The third kappa shape index (κ3) is 5.10. The fourth-order valence-corrected chi connectivity index (χ4v) is 3.03. The predicted octanol–water partition coefficient (Wildman–Crippen LogP) is 0.252. The van der Waals surface area contributed by atoms with Crippen molar-refractivity contribution in [2.24, 2.45) is 0 Å². The molecule has 134 valence electrons. The van der Waals surface area contributed by atoms with Crippen LogP contribution in [-0.4, -0.2) is 92.5 Å². The number of nitrogens with one attached hydrogen (secondary N) is 1. The number of hydrogen-bond donors (Lipinski definition) is 3. The molecule has 3 N–H and O–H groups in total. The summed E-state index contributed by atoms with van der Waals surface area (Å²) in [7, 11) is -4.83. The van der Waals surface area contributed by atoms with Crippen molar-refractivity contribution < 1.29 is 28.5 Å². The van der Waals surface area contributed by atoms with Crippen molar-refractivity contribution in [1.29, 1.82) is 0 Å². The number of hydrogen-bond acceptors (Lipinski definition) is 4. The van der Waals surface area contributed by atoms with Crippen molar-refractivity contribution in [3.8, 4) is 0 Å². The van der Waals surface area contributed by atoms with Crippen LogP contribution in [0.15, 0.2) is 60.7 Å². The van der Waals surface area contributed by atoms with Gasteiger partial charge in [0.25, 0.3) is 5.91 Å². The summed E-state index contributed by atoms with van der Waals surface area (Å²) in [4.78, 5) is 43.7. The van der Waals surface area contributed by atoms with E-state index >= 15 is 0 Å². The van der Waals surface area contributed by atoms with Gasteiger partial charge in [-0.05, 0) is 11.1 Å². The maximum atomic E-state index is 13.1. The molecule has 0 unspecified atom stereocenters. The number of carbonyl (C=O) groups excluding carboxylic acids is 2. The summed E-state index contributed by atoms with van der Waals surface area (Å²) in [5.74, 6) is -0.677. The molecule has 3 amide bonds. The number of carbonyl (C=O) groups is 2. The number of imide groups is 1. The van der Waals surface area contributed by atoms with Crippen LogP contribution in [0.25, 0.3) is 0 Å². The van der Waals surface area contributed by atoms with Crippen LogP contribution in [0.1, 0.15) is 11.1 Å². The number of rotatable bonds is 5. The van der Waals surface area contributed by atoms with Crippen molar-refractivity contribution in [2.75, 3.05) is 6.73 Å². The molecule has 1 fully saturated rings. The van der Waals surface area contributed by atoms with Gasteiger partial charge in [0, 0.05) is 0 Å². The summed E-state index contributed by atoms with van der Waals surface area (Å²) in [6, 6.07) is 16.4. The minimum atomic E-state index is -4.83. The van der Waals surface area contributed by atoms with Crippen LogP contribution >= 0.6 is 7.82 Å². The van der Waals surface area contributed by atoms with E-state index in [4.69, 9.17) is 9.79 Å². The molecule has 0 bridgehead atoms. The zero-order valence-electron chi connectivity index (χ0n) is 12.9. The Kier molecular flexibility index (Phi) is 8.91. The standard InChI is InChI=1S/C16H15N2O6P.2Na.2H/c19-14-16(12-7-3-1-4-8-12,13-9-5-2-6-10-13)17-15(20)18(14)11-24-25(21,22)23;;;;/h1-10H,11H2,(H,17,20)(H2,21,22,23);;;;. The van der Waals surface area contributed by atoms with Crippen molar-refractivity contribution in [3.63, 3.8) is 0 Å². The predicted molar refractivity (Wildman–Crippen MR) is 101 cm³/mol. The first-order valence-corrected chi connectivity index (χ1v) is 8.83. The first-order chi connectivity index (χ1) is 11.8. The monoisotopic (exact) mass is 410 g/mol. The van der Waals surface area contributed by atoms with E-state index in [2.05, 4.69) is 9.84 Å². The fraction of sp³-hybridized carbons (Fsp3) is 0.125. The van der Waals surface area contributed by atoms with Crippen LogP contribution in [0, 0.1) is 0 Å². The van der Waals surface area contributed by atoms with E-state index in [0.717, 1.165) is 0 Å². The number of phosphoric acid groups is 1. The SMILES string of the molecule is O=C1NC(c2ccccc2)(c2ccccc2)C(=O)N1COP(=O)(O)O.[NaH].[NaH]. The molecule has 0 aliphatic carbocycles. The number of nitrogens with zero attached hydrogens (tertiary/aromatic N) is 1. The molecule has 1 saturated heterocycles. The van der Waals surface area contributed by atoms with Crippen LogP contribution < -0.4 is 5.32 Å². The van der Waals surface area contributed by atoms with Crippen molar-refractivity contribution >= 4 is 78.9 Å². The van der Waals surface area contributed by atoms with E-state index in [1.165, 1.54) is 0 Å². The molecule has 2 aromatic carbocycles. The summed E-state index contributed by atoms with van der Waals surface area (Å²) < 4.78 is 15.2. The maximum absolute atomic E-state index is 13.1. The first kappa shape index (κ1) is 24.5. The topological polar surface area (TPSA) is 116 Å². The van der Waals surface area contributed by atoms with Crippen molar-refractivity contribution in [1.82, 2.24) is 10.2 Å². The van der Waals surface area contributed by atoms with Gasteiger partial charge in [-0.15, -0.1) is 0 Å². The quantitative estimate of drug-likeness (QED) is 0.370. The molecular formula is C16H17N2Na2O6P. The zero-order valence-corrected chi connectivity index (χ0v) is 13.8. The Morgan fingerprint density at radius 1 is 0.926 bits per heavy atom. The normalized spacial score (nSPS) is 15.6. The number of benzene rings is 2. The Morgan fingerprint density at radius 3 is 1.78 bits per heavy atom. The number of amides is 3. The molecule has 0 aromatic heterocycles. The fourth-order valence-electron chi connectivity index (χ4n) is 2.76. The van der Waals surface area contributed by atoms with Crippen molar-refractivity contribution in [2.45, 2.75) is 5.54 Å². The molecule has 1 heterocycles. The van der Waals surface area contributed by atoms with E-state index < -0.39 is 32.0 Å². The molecule has 0 saturated carbocycles. The van der Waals surface area contributed by atoms with Gasteiger partial charge in [-0.2, -0.15) is 0 Å². The van der Waals surface area contributed by atoms with Crippen LogP contribution in [-0.2, 0) is 19.4 Å². The minimum absolute atomic E-state index is 0. The molecule has 0 atom stereocenters. The molecule has 27 heavy (non-hydrogen) atoms. The number of phosphoric ester groups is 1. The summed E-state index contributed by atoms with van der Waals surface area (Å²) in [6.07, 6.45) is 0. The third-order valence-electron chi connectivity index (χ3n) is 3.87. The van der Waals surface area contributed by atoms with E-state index in [1.807, 2.05) is 0 Å². The molecule has 11 heteroatoms. The summed E-state index contributed by atoms with van der Waals surface area (Å²) in [5.41, 5.74) is -0.436. The molecular weight excluding hydrogens is 393 g/mol. The van der Waals surface area contributed by atoms with Crippen molar-refractivity contribution in [3.05, 3.63) is 71.8 Å². The molecule has 1 aliphatic rings. The van der Waals surface area contributed by atoms with Gasteiger partial charge in [-0.1, -0.05) is 60.7 Å². The summed E-state index contributed by atoms with van der Waals surface area (Å²) in [5, 5.41) is 2.64. The van der Waals surface area contributed by atoms with Gasteiger partial charge in [-0.3, -0.25) is 9.32 Å². The van der Waals surface area contributed by atoms with Crippen LogP contribution in [0.3, 0.4) is 0 Å². The van der Waals surface area contributed by atoms with E-state index in [1.54, 1.807) is 60.7 Å². The Labute approximate surface area is 200 Å². The van der Waals surface area contributed by atoms with Crippen LogP contribution in [0.4, 0.5) is 4.79 Å². The molecule has 3 rings (SSSR count). The van der Waals surface area contributed by atoms with E-state index in [-0.39, 0.29) is 59.1 Å². The van der Waals surface area contributed by atoms with E-state index in [9.17, 15) is 14.2 Å². The van der Waals surface area contributed by atoms with Gasteiger partial charge in [0.05, 0.1) is 0 Å². The van der Waals surface area contributed by atoms with Crippen LogP contribution in [0.5, 0.6) is 0 Å². The van der Waals surface area contributed by atoms with Gasteiger partial charge < -0.3 is 15.1 Å². The second kappa shape index (κ2) is 9.80. The summed E-state index contributed by atoms with van der Waals surface area (Å²) in [6.45, 7) is -0.851. The molecule has 8 nitrogen and oxygen atoms in total. The van der Waals surface area contributed by atoms with E-state index in [0.29, 0.717) is 16.0 Å². The molecule has 1 aliphatic heterocycles. The number of urea groups is 1. The second-order valence-electron chi connectivity index (χ2n) is 5.39. The molecule has 0 spiro atoms. The van der Waals surface area contributed by atoms with Gasteiger partial charge in [-0.25, -0.2) is 14.3 Å². The third-order valence-corrected chi connectivity index (χ3v) is 4.33. The van der Waals surface area contributed by atoms with Crippen LogP contribution in [0.2, 0.25) is 0 Å². The van der Waals surface area contributed by atoms with Gasteiger partial charge in [0.15, 0.2) is 5.54 Å².